The number of ether oxygens (including phenoxy) is 1. The Morgan fingerprint density at radius 1 is 1.18 bits per heavy atom. The average molecular weight is 553 g/mol. The van der Waals surface area contributed by atoms with Crippen LogP contribution in [-0.2, 0) is 4.79 Å². The maximum Gasteiger partial charge on any atom is 0.331 e. The number of benzene rings is 2. The minimum Gasteiger partial charge on any atom is -0.457 e. The number of thiophene rings is 1. The largest absolute Gasteiger partial charge is 0.457 e. The smallest absolute Gasteiger partial charge is 0.331 e. The fourth-order valence-electron chi connectivity index (χ4n) is 5.09. The maximum absolute atomic E-state index is 13.5. The SMILES string of the molecule is Cc1cc(Oc2ccccc2)ccc1N1C(=O)Nc2c(C(=O)NC3CCN(C(=O)CC#N)C3)sc3nccc1c23. The molecule has 2 N–H and O–H groups in total. The van der Waals surface area contributed by atoms with Crippen LogP contribution in [0.2, 0.25) is 0 Å². The van der Waals surface area contributed by atoms with Crippen molar-refractivity contribution in [1.82, 2.24) is 15.2 Å². The van der Waals surface area contributed by atoms with Gasteiger partial charge in [0, 0.05) is 25.3 Å². The molecule has 0 radical (unpaired) electrons. The van der Waals surface area contributed by atoms with Crippen LogP contribution in [-0.4, -0.2) is 46.9 Å². The fourth-order valence-corrected chi connectivity index (χ4v) is 6.11. The third-order valence-electron chi connectivity index (χ3n) is 6.95. The van der Waals surface area contributed by atoms with Crippen molar-refractivity contribution in [2.75, 3.05) is 23.3 Å². The van der Waals surface area contributed by atoms with Gasteiger partial charge >= 0.3 is 6.03 Å². The molecule has 0 spiro atoms. The molecule has 10 nitrogen and oxygen atoms in total. The van der Waals surface area contributed by atoms with Crippen LogP contribution in [0, 0.1) is 18.3 Å². The van der Waals surface area contributed by atoms with Crippen LogP contribution >= 0.6 is 11.3 Å². The second-order valence-electron chi connectivity index (χ2n) is 9.58. The molecule has 200 valence electrons. The summed E-state index contributed by atoms with van der Waals surface area (Å²) in [6, 6.07) is 18.0. The summed E-state index contributed by atoms with van der Waals surface area (Å²) in [5, 5.41) is 15.4. The zero-order valence-corrected chi connectivity index (χ0v) is 22.3. The van der Waals surface area contributed by atoms with Gasteiger partial charge in [-0.05, 0) is 55.3 Å². The van der Waals surface area contributed by atoms with Gasteiger partial charge in [0.15, 0.2) is 0 Å². The normalized spacial score (nSPS) is 16.0. The van der Waals surface area contributed by atoms with E-state index in [1.807, 2.05) is 61.5 Å². The summed E-state index contributed by atoms with van der Waals surface area (Å²) in [6.45, 7) is 2.74. The van der Waals surface area contributed by atoms with Crippen LogP contribution < -0.4 is 20.3 Å². The molecule has 1 fully saturated rings. The minimum absolute atomic E-state index is 0.180. The number of rotatable bonds is 6. The molecule has 2 aromatic carbocycles. The van der Waals surface area contributed by atoms with E-state index in [-0.39, 0.29) is 30.3 Å². The number of aryl methyl sites for hydroxylation is 1. The molecule has 4 aromatic rings. The summed E-state index contributed by atoms with van der Waals surface area (Å²) in [5.74, 6) is 0.789. The second kappa shape index (κ2) is 10.3. The molecular weight excluding hydrogens is 528 g/mol. The Hall–Kier alpha value is -4.95. The highest BCUT2D eigenvalue weighted by Gasteiger charge is 2.34. The molecule has 11 heteroatoms. The van der Waals surface area contributed by atoms with Crippen LogP contribution in [0.15, 0.2) is 60.8 Å². The molecule has 4 amide bonds. The van der Waals surface area contributed by atoms with Crippen molar-refractivity contribution in [3.8, 4) is 17.6 Å². The van der Waals surface area contributed by atoms with Crippen molar-refractivity contribution < 1.29 is 19.1 Å². The molecule has 1 saturated heterocycles. The van der Waals surface area contributed by atoms with Crippen molar-refractivity contribution >= 4 is 56.5 Å². The predicted molar refractivity (Wildman–Crippen MR) is 151 cm³/mol. The van der Waals surface area contributed by atoms with Crippen LogP contribution in [0.5, 0.6) is 11.5 Å². The first kappa shape index (κ1) is 25.3. The van der Waals surface area contributed by atoms with Crippen LogP contribution in [0.3, 0.4) is 0 Å². The summed E-state index contributed by atoms with van der Waals surface area (Å²) < 4.78 is 5.95. The minimum atomic E-state index is -0.388. The third kappa shape index (κ3) is 4.58. The lowest BCUT2D eigenvalue weighted by Crippen LogP contribution is -2.39. The number of pyridine rings is 1. The molecule has 0 saturated carbocycles. The van der Waals surface area contributed by atoms with E-state index in [1.54, 1.807) is 22.1 Å². The molecule has 40 heavy (non-hydrogen) atoms. The van der Waals surface area contributed by atoms with E-state index in [2.05, 4.69) is 15.6 Å². The molecule has 0 aliphatic carbocycles. The fraction of sp³-hybridized carbons (Fsp3) is 0.207. The van der Waals surface area contributed by atoms with Gasteiger partial charge in [-0.15, -0.1) is 11.3 Å². The summed E-state index contributed by atoms with van der Waals surface area (Å²) in [4.78, 5) is 47.5. The van der Waals surface area contributed by atoms with Crippen molar-refractivity contribution in [1.29, 1.82) is 5.26 Å². The van der Waals surface area contributed by atoms with E-state index >= 15 is 0 Å². The number of nitriles is 1. The van der Waals surface area contributed by atoms with Crippen LogP contribution in [0.4, 0.5) is 21.9 Å². The number of carbonyl (C=O) groups is 3. The number of likely N-dealkylation sites (tertiary alicyclic amines) is 1. The number of nitrogens with one attached hydrogen (secondary N) is 2. The number of aromatic nitrogens is 1. The Morgan fingerprint density at radius 3 is 2.77 bits per heavy atom. The van der Waals surface area contributed by atoms with E-state index in [0.29, 0.717) is 63.2 Å². The molecule has 1 atom stereocenters. The number of urea groups is 1. The van der Waals surface area contributed by atoms with Crippen LogP contribution in [0.1, 0.15) is 28.1 Å². The third-order valence-corrected chi connectivity index (χ3v) is 8.04. The summed E-state index contributed by atoms with van der Waals surface area (Å²) in [5.41, 5.74) is 2.58. The molecule has 2 aliphatic rings. The molecular formula is C29H24N6O4S. The Labute approximate surface area is 233 Å². The number of amides is 4. The number of hydrogen-bond acceptors (Lipinski definition) is 7. The van der Waals surface area contributed by atoms with Crippen molar-refractivity contribution in [3.63, 3.8) is 0 Å². The van der Waals surface area contributed by atoms with Gasteiger partial charge in [-0.3, -0.25) is 14.5 Å². The quantitative estimate of drug-likeness (QED) is 0.333. The molecule has 1 unspecified atom stereocenters. The number of anilines is 3. The standard InChI is InChI=1S/C29H24N6O4S/c1-17-15-20(39-19-5-3-2-4-6-19)7-8-21(17)35-22-10-13-31-28-24(22)25(33-29(35)38)26(40-28)27(37)32-18-11-14-34(16-18)23(36)9-12-30/h2-8,10,13,15,18H,9,11,14,16H2,1H3,(H,32,37)(H,33,38). The van der Waals surface area contributed by atoms with Crippen molar-refractivity contribution in [2.45, 2.75) is 25.8 Å². The topological polar surface area (TPSA) is 128 Å². The Kier molecular flexibility index (Phi) is 6.53. The molecule has 4 heterocycles. The zero-order chi connectivity index (χ0) is 27.8. The monoisotopic (exact) mass is 552 g/mol. The van der Waals surface area contributed by atoms with E-state index in [4.69, 9.17) is 10.00 Å². The Morgan fingerprint density at radius 2 is 2.00 bits per heavy atom. The van der Waals surface area contributed by atoms with Gasteiger partial charge in [-0.25, -0.2) is 9.78 Å². The van der Waals surface area contributed by atoms with Crippen molar-refractivity contribution in [2.24, 2.45) is 0 Å². The highest BCUT2D eigenvalue weighted by atomic mass is 32.1. The lowest BCUT2D eigenvalue weighted by molar-refractivity contribution is -0.129. The van der Waals surface area contributed by atoms with Crippen LogP contribution in [0.25, 0.3) is 10.2 Å². The lowest BCUT2D eigenvalue weighted by Gasteiger charge is -2.29. The molecule has 0 bridgehead atoms. The molecule has 2 aliphatic heterocycles. The first-order valence-electron chi connectivity index (χ1n) is 12.7. The van der Waals surface area contributed by atoms with E-state index < -0.39 is 0 Å². The van der Waals surface area contributed by atoms with Gasteiger partial charge in [-0.1, -0.05) is 18.2 Å². The van der Waals surface area contributed by atoms with Gasteiger partial charge in [0.25, 0.3) is 5.91 Å². The molecule has 2 aromatic heterocycles. The van der Waals surface area contributed by atoms with Gasteiger partial charge in [0.2, 0.25) is 5.91 Å². The highest BCUT2D eigenvalue weighted by molar-refractivity contribution is 7.21. The van der Waals surface area contributed by atoms with Crippen molar-refractivity contribution in [3.05, 3.63) is 71.2 Å². The van der Waals surface area contributed by atoms with E-state index in [0.717, 1.165) is 5.56 Å². The maximum atomic E-state index is 13.5. The Bertz CT molecular complexity index is 1700. The Balaban J connectivity index is 1.27. The second-order valence-corrected chi connectivity index (χ2v) is 10.6. The summed E-state index contributed by atoms with van der Waals surface area (Å²) >= 11 is 1.21. The predicted octanol–water partition coefficient (Wildman–Crippen LogP) is 5.33. The summed E-state index contributed by atoms with van der Waals surface area (Å²) in [6.07, 6.45) is 2.04. The molecule has 6 rings (SSSR count). The first-order valence-corrected chi connectivity index (χ1v) is 13.6. The lowest BCUT2D eigenvalue weighted by atomic mass is 10.1. The van der Waals surface area contributed by atoms with Gasteiger partial charge in [-0.2, -0.15) is 5.26 Å². The van der Waals surface area contributed by atoms with E-state index in [9.17, 15) is 14.4 Å². The highest BCUT2D eigenvalue weighted by Crippen LogP contribution is 2.46. The zero-order valence-electron chi connectivity index (χ0n) is 21.5. The number of carbonyl (C=O) groups excluding carboxylic acids is 3. The van der Waals surface area contributed by atoms with Gasteiger partial charge in [0.05, 0.1) is 28.5 Å². The van der Waals surface area contributed by atoms with Gasteiger partial charge < -0.3 is 20.3 Å². The first-order chi connectivity index (χ1) is 19.4. The number of hydrogen-bond donors (Lipinski definition) is 2. The summed E-state index contributed by atoms with van der Waals surface area (Å²) in [7, 11) is 0. The average Bonchev–Trinajstić information content (AvgIpc) is 3.56. The number of para-hydroxylation sites is 1. The van der Waals surface area contributed by atoms with Gasteiger partial charge in [0.1, 0.15) is 27.6 Å². The van der Waals surface area contributed by atoms with E-state index in [1.165, 1.54) is 11.3 Å². The number of nitrogens with zero attached hydrogens (tertiary/aromatic N) is 4.